The van der Waals surface area contributed by atoms with Gasteiger partial charge >= 0.3 is 0 Å². The van der Waals surface area contributed by atoms with Crippen molar-refractivity contribution in [3.8, 4) is 11.4 Å². The minimum Gasteiger partial charge on any atom is -0.483 e. The number of hydrogen-bond acceptors (Lipinski definition) is 4. The summed E-state index contributed by atoms with van der Waals surface area (Å²) in [6, 6.07) is 21.5. The molecule has 1 heterocycles. The van der Waals surface area contributed by atoms with E-state index in [-0.39, 0.29) is 23.8 Å². The third kappa shape index (κ3) is 5.22. The molecular formula is C28H28N4O4. The van der Waals surface area contributed by atoms with Gasteiger partial charge in [-0.15, -0.1) is 0 Å². The summed E-state index contributed by atoms with van der Waals surface area (Å²) in [6.07, 6.45) is 0. The van der Waals surface area contributed by atoms with Crippen molar-refractivity contribution in [1.29, 1.82) is 0 Å². The van der Waals surface area contributed by atoms with E-state index < -0.39 is 5.91 Å². The van der Waals surface area contributed by atoms with Crippen molar-refractivity contribution in [1.82, 2.24) is 9.36 Å². The van der Waals surface area contributed by atoms with E-state index in [9.17, 15) is 14.4 Å². The second-order valence-electron chi connectivity index (χ2n) is 8.58. The maximum Gasteiger partial charge on any atom is 0.295 e. The third-order valence-electron chi connectivity index (χ3n) is 5.89. The minimum absolute atomic E-state index is 0.164. The fourth-order valence-corrected chi connectivity index (χ4v) is 3.94. The lowest BCUT2D eigenvalue weighted by atomic mass is 10.1. The molecule has 2 N–H and O–H groups in total. The molecule has 184 valence electrons. The Morgan fingerprint density at radius 3 is 2.36 bits per heavy atom. The average molecular weight is 485 g/mol. The molecular weight excluding hydrogens is 456 g/mol. The van der Waals surface area contributed by atoms with Crippen LogP contribution in [0.4, 0.5) is 11.4 Å². The number of anilines is 2. The second kappa shape index (κ2) is 10.4. The normalized spacial score (nSPS) is 10.7. The van der Waals surface area contributed by atoms with Gasteiger partial charge in [0.25, 0.3) is 17.4 Å². The smallest absolute Gasteiger partial charge is 0.295 e. The first-order chi connectivity index (χ1) is 17.2. The van der Waals surface area contributed by atoms with Crippen LogP contribution in [0.3, 0.4) is 0 Å². The number of nitrogens with zero attached hydrogens (tertiary/aromatic N) is 2. The number of hydrogen-bond donors (Lipinski definition) is 2. The summed E-state index contributed by atoms with van der Waals surface area (Å²) < 4.78 is 8.82. The lowest BCUT2D eigenvalue weighted by molar-refractivity contribution is -0.118. The molecule has 4 rings (SSSR count). The van der Waals surface area contributed by atoms with Crippen LogP contribution in [-0.2, 0) is 11.8 Å². The summed E-state index contributed by atoms with van der Waals surface area (Å²) in [5.41, 5.74) is 3.99. The van der Waals surface area contributed by atoms with Crippen LogP contribution in [0.25, 0.3) is 5.69 Å². The summed E-state index contributed by atoms with van der Waals surface area (Å²) >= 11 is 0. The van der Waals surface area contributed by atoms with Crippen molar-refractivity contribution in [2.45, 2.75) is 20.8 Å². The molecule has 0 fully saturated rings. The Labute approximate surface area is 209 Å². The van der Waals surface area contributed by atoms with Gasteiger partial charge in [-0.2, -0.15) is 0 Å². The predicted octanol–water partition coefficient (Wildman–Crippen LogP) is 4.37. The van der Waals surface area contributed by atoms with E-state index >= 15 is 0 Å². The highest BCUT2D eigenvalue weighted by Crippen LogP contribution is 2.19. The summed E-state index contributed by atoms with van der Waals surface area (Å²) in [4.78, 5) is 38.5. The number of ether oxygens (including phenoxy) is 1. The van der Waals surface area contributed by atoms with E-state index in [2.05, 4.69) is 10.6 Å². The Balaban J connectivity index is 1.45. The van der Waals surface area contributed by atoms with Crippen molar-refractivity contribution in [3.63, 3.8) is 0 Å². The van der Waals surface area contributed by atoms with E-state index in [1.807, 2.05) is 62.4 Å². The molecule has 0 aliphatic rings. The largest absolute Gasteiger partial charge is 0.483 e. The number of amides is 2. The van der Waals surface area contributed by atoms with Crippen LogP contribution in [0.5, 0.6) is 5.75 Å². The summed E-state index contributed by atoms with van der Waals surface area (Å²) in [6.45, 7) is 5.52. The molecule has 0 saturated carbocycles. The topological polar surface area (TPSA) is 94.4 Å². The molecule has 36 heavy (non-hydrogen) atoms. The van der Waals surface area contributed by atoms with Gasteiger partial charge < -0.3 is 15.4 Å². The highest BCUT2D eigenvalue weighted by molar-refractivity contribution is 6.05. The molecule has 2 amide bonds. The fraction of sp³-hybridized carbons (Fsp3) is 0.179. The molecule has 8 heteroatoms. The standard InChI is InChI=1S/C28H28N4O4/c1-18-13-14-24(19(2)15-18)36-17-25(33)29-22-10-8-9-21(16-22)27(34)30-26-20(3)31(4)32(28(26)35)23-11-6-5-7-12-23/h5-16H,17H2,1-4H3,(H,29,33)(H,30,34). The highest BCUT2D eigenvalue weighted by Gasteiger charge is 2.19. The quantitative estimate of drug-likeness (QED) is 0.407. The zero-order valence-corrected chi connectivity index (χ0v) is 20.7. The van der Waals surface area contributed by atoms with Crippen molar-refractivity contribution in [3.05, 3.63) is 106 Å². The van der Waals surface area contributed by atoms with Gasteiger partial charge in [-0.25, -0.2) is 4.68 Å². The molecule has 0 bridgehead atoms. The molecule has 4 aromatic rings. The van der Waals surface area contributed by atoms with Crippen LogP contribution in [0.15, 0.2) is 77.6 Å². The molecule has 0 unspecified atom stereocenters. The first-order valence-electron chi connectivity index (χ1n) is 11.5. The monoisotopic (exact) mass is 484 g/mol. The Kier molecular flexibility index (Phi) is 7.05. The van der Waals surface area contributed by atoms with Gasteiger partial charge in [0, 0.05) is 18.3 Å². The molecule has 1 aromatic heterocycles. The highest BCUT2D eigenvalue weighted by atomic mass is 16.5. The number of carbonyl (C=O) groups excluding carboxylic acids is 2. The van der Waals surface area contributed by atoms with Crippen LogP contribution in [0.1, 0.15) is 27.2 Å². The second-order valence-corrected chi connectivity index (χ2v) is 8.58. The summed E-state index contributed by atoms with van der Waals surface area (Å²) in [7, 11) is 1.76. The Bertz CT molecular complexity index is 1490. The van der Waals surface area contributed by atoms with E-state index in [0.29, 0.717) is 28.4 Å². The van der Waals surface area contributed by atoms with Crippen LogP contribution in [-0.4, -0.2) is 27.8 Å². The SMILES string of the molecule is Cc1ccc(OCC(=O)Nc2cccc(C(=O)Nc3c(C)n(C)n(-c4ccccc4)c3=O)c2)c(C)c1. The summed E-state index contributed by atoms with van der Waals surface area (Å²) in [5, 5.41) is 5.48. The fourth-order valence-electron chi connectivity index (χ4n) is 3.94. The van der Waals surface area contributed by atoms with Crippen LogP contribution < -0.4 is 20.9 Å². The van der Waals surface area contributed by atoms with Gasteiger partial charge in [0.1, 0.15) is 11.4 Å². The van der Waals surface area contributed by atoms with Crippen molar-refractivity contribution in [2.75, 3.05) is 17.2 Å². The summed E-state index contributed by atoms with van der Waals surface area (Å²) in [5.74, 6) is -0.163. The first-order valence-corrected chi connectivity index (χ1v) is 11.5. The lowest BCUT2D eigenvalue weighted by Crippen LogP contribution is -2.23. The van der Waals surface area contributed by atoms with Gasteiger partial charge in [0.2, 0.25) is 0 Å². The maximum absolute atomic E-state index is 13.1. The zero-order valence-electron chi connectivity index (χ0n) is 20.7. The zero-order chi connectivity index (χ0) is 25.8. The molecule has 0 aliphatic carbocycles. The lowest BCUT2D eigenvalue weighted by Gasteiger charge is -2.11. The maximum atomic E-state index is 13.1. The third-order valence-corrected chi connectivity index (χ3v) is 5.89. The molecule has 0 spiro atoms. The number of benzene rings is 3. The van der Waals surface area contributed by atoms with Crippen LogP contribution in [0, 0.1) is 20.8 Å². The Morgan fingerprint density at radius 1 is 0.889 bits per heavy atom. The Hall–Kier alpha value is -4.59. The van der Waals surface area contributed by atoms with Crippen LogP contribution in [0.2, 0.25) is 0 Å². The van der Waals surface area contributed by atoms with Crippen molar-refractivity contribution < 1.29 is 14.3 Å². The van der Waals surface area contributed by atoms with Gasteiger partial charge in [0.05, 0.1) is 11.4 Å². The molecule has 0 saturated heterocycles. The van der Waals surface area contributed by atoms with Crippen molar-refractivity contribution >= 4 is 23.2 Å². The molecule has 0 radical (unpaired) electrons. The van der Waals surface area contributed by atoms with E-state index in [0.717, 1.165) is 11.1 Å². The van der Waals surface area contributed by atoms with Gasteiger partial charge in [-0.3, -0.25) is 19.1 Å². The predicted molar refractivity (Wildman–Crippen MR) is 140 cm³/mol. The first kappa shape index (κ1) is 24.5. The van der Waals surface area contributed by atoms with Crippen molar-refractivity contribution in [2.24, 2.45) is 7.05 Å². The van der Waals surface area contributed by atoms with E-state index in [1.54, 1.807) is 42.9 Å². The Morgan fingerprint density at radius 2 is 1.64 bits per heavy atom. The van der Waals surface area contributed by atoms with Gasteiger partial charge in [-0.1, -0.05) is 42.0 Å². The average Bonchev–Trinajstić information content (AvgIpc) is 3.07. The van der Waals surface area contributed by atoms with Gasteiger partial charge in [-0.05, 0) is 62.7 Å². The minimum atomic E-state index is -0.455. The number of aromatic nitrogens is 2. The number of carbonyl (C=O) groups is 2. The van der Waals surface area contributed by atoms with E-state index in [4.69, 9.17) is 4.74 Å². The molecule has 0 aliphatic heterocycles. The number of para-hydroxylation sites is 1. The molecule has 8 nitrogen and oxygen atoms in total. The van der Waals surface area contributed by atoms with Crippen LogP contribution >= 0.6 is 0 Å². The molecule has 3 aromatic carbocycles. The van der Waals surface area contributed by atoms with E-state index in [1.165, 1.54) is 4.68 Å². The van der Waals surface area contributed by atoms with Gasteiger partial charge in [0.15, 0.2) is 6.61 Å². The number of nitrogens with one attached hydrogen (secondary N) is 2. The molecule has 0 atom stereocenters. The number of rotatable bonds is 7. The number of aryl methyl sites for hydroxylation is 2.